The molecule has 8 heteroatoms. The second-order valence-corrected chi connectivity index (χ2v) is 6.51. The molecule has 0 saturated heterocycles. The number of rotatable bonds is 6. The molecule has 1 rings (SSSR count). The van der Waals surface area contributed by atoms with E-state index < -0.39 is 22.0 Å². The van der Waals surface area contributed by atoms with Crippen LogP contribution in [0.4, 0.5) is 0 Å². The fraction of sp³-hybridized carbons (Fsp3) is 0.545. The normalized spacial score (nSPS) is 13.3. The van der Waals surface area contributed by atoms with Gasteiger partial charge in [0.05, 0.1) is 13.7 Å². The first-order valence-electron chi connectivity index (χ1n) is 5.67. The Morgan fingerprint density at radius 3 is 2.68 bits per heavy atom. The fourth-order valence-corrected chi connectivity index (χ4v) is 4.55. The van der Waals surface area contributed by atoms with Crippen LogP contribution in [-0.2, 0) is 14.8 Å². The molecule has 1 aromatic heterocycles. The van der Waals surface area contributed by atoms with E-state index in [0.717, 1.165) is 11.3 Å². The summed E-state index contributed by atoms with van der Waals surface area (Å²) in [7, 11) is -2.66. The number of aryl methyl sites for hydroxylation is 1. The summed E-state index contributed by atoms with van der Waals surface area (Å²) in [5, 5.41) is 10.6. The molecular formula is C11H17NO5S2. The third kappa shape index (κ3) is 3.53. The third-order valence-corrected chi connectivity index (χ3v) is 5.51. The lowest BCUT2D eigenvalue weighted by Crippen LogP contribution is -2.37. The Balaban J connectivity index is 3.21. The van der Waals surface area contributed by atoms with E-state index in [2.05, 4.69) is 9.46 Å². The molecule has 2 N–H and O–H groups in total. The molecule has 0 spiro atoms. The van der Waals surface area contributed by atoms with Gasteiger partial charge in [0.2, 0.25) is 10.0 Å². The predicted molar refractivity (Wildman–Crippen MR) is 71.9 cm³/mol. The minimum atomic E-state index is -3.86. The number of hydrogen-bond acceptors (Lipinski definition) is 6. The van der Waals surface area contributed by atoms with E-state index in [1.165, 1.54) is 7.11 Å². The lowest BCUT2D eigenvalue weighted by atomic mass is 10.3. The van der Waals surface area contributed by atoms with Crippen molar-refractivity contribution in [2.45, 2.75) is 31.2 Å². The number of hydrogen-bond donors (Lipinski definition) is 2. The molecule has 1 heterocycles. The Bertz CT molecular complexity index is 545. The number of aliphatic hydroxyl groups excluding tert-OH is 1. The number of carbonyl (C=O) groups excluding carboxylic acids is 1. The highest BCUT2D eigenvalue weighted by atomic mass is 32.2. The number of methoxy groups -OCH3 is 1. The van der Waals surface area contributed by atoms with Crippen LogP contribution in [-0.4, -0.2) is 39.3 Å². The summed E-state index contributed by atoms with van der Waals surface area (Å²) in [5.74, 6) is -0.685. The predicted octanol–water partition coefficient (Wildman–Crippen LogP) is 0.892. The second kappa shape index (κ2) is 6.47. The van der Waals surface area contributed by atoms with E-state index in [9.17, 15) is 13.2 Å². The minimum absolute atomic E-state index is 0.0419. The molecule has 0 aliphatic heterocycles. The molecule has 0 saturated carbocycles. The molecule has 0 aliphatic carbocycles. The molecule has 0 radical (unpaired) electrons. The highest BCUT2D eigenvalue weighted by Gasteiger charge is 2.28. The van der Waals surface area contributed by atoms with Crippen molar-refractivity contribution in [3.8, 4) is 0 Å². The summed E-state index contributed by atoms with van der Waals surface area (Å²) in [4.78, 5) is 11.5. The number of esters is 1. The van der Waals surface area contributed by atoms with Crippen LogP contribution in [0.15, 0.2) is 10.3 Å². The lowest BCUT2D eigenvalue weighted by Gasteiger charge is -2.15. The highest BCUT2D eigenvalue weighted by molar-refractivity contribution is 7.89. The van der Waals surface area contributed by atoms with Gasteiger partial charge < -0.3 is 9.84 Å². The van der Waals surface area contributed by atoms with Crippen LogP contribution < -0.4 is 4.72 Å². The van der Waals surface area contributed by atoms with Gasteiger partial charge in [-0.05, 0) is 24.3 Å². The van der Waals surface area contributed by atoms with Gasteiger partial charge in [0.25, 0.3) is 0 Å². The molecule has 6 nitrogen and oxygen atoms in total. The number of aliphatic hydroxyl groups is 1. The number of sulfonamides is 1. The monoisotopic (exact) mass is 307 g/mol. The van der Waals surface area contributed by atoms with Gasteiger partial charge in [0.1, 0.15) is 9.77 Å². The smallest absolute Gasteiger partial charge is 0.349 e. The maximum atomic E-state index is 12.3. The van der Waals surface area contributed by atoms with Crippen LogP contribution in [0.3, 0.4) is 0 Å². The van der Waals surface area contributed by atoms with E-state index in [4.69, 9.17) is 5.11 Å². The third-order valence-electron chi connectivity index (χ3n) is 2.59. The maximum absolute atomic E-state index is 12.3. The standard InChI is InChI=1S/C11H17NO5S2/c1-4-8(5-13)12-19(15,16)10-7(2)6-18-9(10)11(14)17-3/h6,8,12-13H,4-5H2,1-3H3/t8-/m1/s1. The molecule has 0 amide bonds. The van der Waals surface area contributed by atoms with Crippen molar-refractivity contribution in [3.63, 3.8) is 0 Å². The Morgan fingerprint density at radius 1 is 1.58 bits per heavy atom. The Labute approximate surface area is 116 Å². The van der Waals surface area contributed by atoms with Gasteiger partial charge in [-0.25, -0.2) is 17.9 Å². The largest absolute Gasteiger partial charge is 0.465 e. The molecule has 0 unspecified atom stereocenters. The van der Waals surface area contributed by atoms with Gasteiger partial charge in [-0.2, -0.15) is 0 Å². The van der Waals surface area contributed by atoms with Crippen LogP contribution in [0.5, 0.6) is 0 Å². The summed E-state index contributed by atoms with van der Waals surface area (Å²) >= 11 is 1.02. The Kier molecular flexibility index (Phi) is 5.48. The van der Waals surface area contributed by atoms with E-state index >= 15 is 0 Å². The van der Waals surface area contributed by atoms with E-state index in [1.807, 2.05) is 0 Å². The zero-order valence-corrected chi connectivity index (χ0v) is 12.6. The molecule has 0 fully saturated rings. The zero-order valence-electron chi connectivity index (χ0n) is 11.0. The van der Waals surface area contributed by atoms with E-state index in [1.54, 1.807) is 19.2 Å². The van der Waals surface area contributed by atoms with Crippen molar-refractivity contribution in [1.29, 1.82) is 0 Å². The first kappa shape index (κ1) is 16.1. The van der Waals surface area contributed by atoms with Gasteiger partial charge >= 0.3 is 5.97 Å². The first-order valence-corrected chi connectivity index (χ1v) is 8.03. The van der Waals surface area contributed by atoms with Crippen LogP contribution in [0.2, 0.25) is 0 Å². The SMILES string of the molecule is CC[C@H](CO)NS(=O)(=O)c1c(C)csc1C(=O)OC. The molecule has 108 valence electrons. The Hall–Kier alpha value is -0.960. The van der Waals surface area contributed by atoms with Gasteiger partial charge in [0.15, 0.2) is 0 Å². The molecule has 19 heavy (non-hydrogen) atoms. The number of thiophene rings is 1. The van der Waals surface area contributed by atoms with Crippen molar-refractivity contribution >= 4 is 27.3 Å². The average molecular weight is 307 g/mol. The van der Waals surface area contributed by atoms with Gasteiger partial charge in [-0.3, -0.25) is 0 Å². The molecule has 0 bridgehead atoms. The van der Waals surface area contributed by atoms with E-state index in [-0.39, 0.29) is 16.4 Å². The summed E-state index contributed by atoms with van der Waals surface area (Å²) < 4.78 is 31.5. The average Bonchev–Trinajstić information content (AvgIpc) is 2.77. The number of ether oxygens (including phenoxy) is 1. The highest BCUT2D eigenvalue weighted by Crippen LogP contribution is 2.27. The van der Waals surface area contributed by atoms with Gasteiger partial charge in [-0.15, -0.1) is 11.3 Å². The van der Waals surface area contributed by atoms with Crippen molar-refractivity contribution in [2.75, 3.05) is 13.7 Å². The quantitative estimate of drug-likeness (QED) is 0.762. The molecular weight excluding hydrogens is 290 g/mol. The first-order chi connectivity index (χ1) is 8.87. The minimum Gasteiger partial charge on any atom is -0.465 e. The van der Waals surface area contributed by atoms with Crippen LogP contribution in [0.1, 0.15) is 28.6 Å². The second-order valence-electron chi connectivity index (χ2n) is 3.98. The lowest BCUT2D eigenvalue weighted by molar-refractivity contribution is 0.0602. The van der Waals surface area contributed by atoms with Crippen molar-refractivity contribution in [3.05, 3.63) is 15.8 Å². The molecule has 1 aromatic rings. The summed E-state index contributed by atoms with van der Waals surface area (Å²) in [6.07, 6.45) is 0.451. The summed E-state index contributed by atoms with van der Waals surface area (Å²) in [6.45, 7) is 3.06. The van der Waals surface area contributed by atoms with Crippen molar-refractivity contribution < 1.29 is 23.1 Å². The van der Waals surface area contributed by atoms with Crippen LogP contribution in [0.25, 0.3) is 0 Å². The number of nitrogens with one attached hydrogen (secondary N) is 1. The van der Waals surface area contributed by atoms with Gasteiger partial charge in [-0.1, -0.05) is 6.92 Å². The van der Waals surface area contributed by atoms with Crippen molar-refractivity contribution in [2.24, 2.45) is 0 Å². The summed E-state index contributed by atoms with van der Waals surface area (Å²) in [5.41, 5.74) is 0.477. The number of carbonyl (C=O) groups is 1. The molecule has 0 aromatic carbocycles. The van der Waals surface area contributed by atoms with Crippen LogP contribution in [0, 0.1) is 6.92 Å². The molecule has 1 atom stereocenters. The van der Waals surface area contributed by atoms with Crippen molar-refractivity contribution in [1.82, 2.24) is 4.72 Å². The van der Waals surface area contributed by atoms with Gasteiger partial charge in [0, 0.05) is 6.04 Å². The zero-order chi connectivity index (χ0) is 14.6. The maximum Gasteiger partial charge on any atom is 0.349 e. The molecule has 0 aliphatic rings. The fourth-order valence-electron chi connectivity index (χ4n) is 1.53. The Morgan fingerprint density at radius 2 is 2.21 bits per heavy atom. The topological polar surface area (TPSA) is 92.7 Å². The summed E-state index contributed by atoms with van der Waals surface area (Å²) in [6, 6.07) is -0.574. The van der Waals surface area contributed by atoms with Crippen LogP contribution >= 0.6 is 11.3 Å². The van der Waals surface area contributed by atoms with E-state index in [0.29, 0.717) is 12.0 Å².